The second-order valence-corrected chi connectivity index (χ2v) is 5.38. The Hall–Kier alpha value is -1.33. The molecule has 0 aliphatic rings. The number of thioether (sulfide) groups is 1. The van der Waals surface area contributed by atoms with Crippen molar-refractivity contribution in [3.05, 3.63) is 46.5 Å². The molecule has 5 heteroatoms. The lowest BCUT2D eigenvalue weighted by Crippen LogP contribution is -2.20. The Balaban J connectivity index is 1.92. The molecular weight excluding hydrogens is 258 g/mol. The predicted octanol–water partition coefficient (Wildman–Crippen LogP) is 1.93. The molecule has 19 heavy (non-hydrogen) atoms. The summed E-state index contributed by atoms with van der Waals surface area (Å²) in [6.45, 7) is 1.62. The van der Waals surface area contributed by atoms with Crippen LogP contribution in [0.25, 0.3) is 5.65 Å². The molecule has 0 saturated carbocycles. The minimum Gasteiger partial charge on any atom is -0.311 e. The summed E-state index contributed by atoms with van der Waals surface area (Å²) >= 11 is 1.88. The third-order valence-electron chi connectivity index (χ3n) is 2.88. The normalized spacial score (nSPS) is 11.0. The molecule has 0 bridgehead atoms. The quantitative estimate of drug-likeness (QED) is 0.786. The number of nitrogens with zero attached hydrogens (tertiary/aromatic N) is 2. The highest BCUT2D eigenvalue weighted by Crippen LogP contribution is 2.00. The summed E-state index contributed by atoms with van der Waals surface area (Å²) < 4.78 is 1.56. The van der Waals surface area contributed by atoms with E-state index in [1.807, 2.05) is 30.0 Å². The van der Waals surface area contributed by atoms with E-state index in [4.69, 9.17) is 0 Å². The van der Waals surface area contributed by atoms with Gasteiger partial charge in [0.25, 0.3) is 5.56 Å². The molecular formula is C14H19N3OS. The van der Waals surface area contributed by atoms with Gasteiger partial charge in [-0.1, -0.05) is 6.07 Å². The van der Waals surface area contributed by atoms with E-state index >= 15 is 0 Å². The van der Waals surface area contributed by atoms with Crippen LogP contribution in [0.1, 0.15) is 18.5 Å². The van der Waals surface area contributed by atoms with Crippen molar-refractivity contribution >= 4 is 17.4 Å². The average Bonchev–Trinajstić information content (AvgIpc) is 2.43. The van der Waals surface area contributed by atoms with Gasteiger partial charge in [0, 0.05) is 18.8 Å². The summed E-state index contributed by atoms with van der Waals surface area (Å²) in [5.41, 5.74) is 1.49. The maximum Gasteiger partial charge on any atom is 0.258 e. The molecule has 0 unspecified atom stereocenters. The van der Waals surface area contributed by atoms with Gasteiger partial charge in [0.15, 0.2) is 0 Å². The highest BCUT2D eigenvalue weighted by molar-refractivity contribution is 7.98. The van der Waals surface area contributed by atoms with Crippen LogP contribution >= 0.6 is 11.8 Å². The molecule has 0 aromatic carbocycles. The van der Waals surface area contributed by atoms with Crippen LogP contribution in [0.3, 0.4) is 0 Å². The second kappa shape index (κ2) is 7.31. The molecule has 1 N–H and O–H groups in total. The Morgan fingerprint density at radius 3 is 3.11 bits per heavy atom. The zero-order valence-electron chi connectivity index (χ0n) is 11.1. The zero-order chi connectivity index (χ0) is 13.5. The van der Waals surface area contributed by atoms with Gasteiger partial charge in [-0.3, -0.25) is 9.20 Å². The van der Waals surface area contributed by atoms with E-state index in [2.05, 4.69) is 16.6 Å². The van der Waals surface area contributed by atoms with E-state index in [0.717, 1.165) is 18.7 Å². The maximum absolute atomic E-state index is 11.9. The second-order valence-electron chi connectivity index (χ2n) is 4.39. The van der Waals surface area contributed by atoms with Crippen molar-refractivity contribution < 1.29 is 0 Å². The van der Waals surface area contributed by atoms with Crippen LogP contribution in [0.4, 0.5) is 0 Å². The van der Waals surface area contributed by atoms with Crippen LogP contribution in [0, 0.1) is 0 Å². The van der Waals surface area contributed by atoms with Crippen molar-refractivity contribution in [2.24, 2.45) is 0 Å². The SMILES string of the molecule is CSCCCCNCc1cc(=O)n2ccccc2n1. The molecule has 0 aliphatic heterocycles. The van der Waals surface area contributed by atoms with Gasteiger partial charge in [-0.25, -0.2) is 4.98 Å². The van der Waals surface area contributed by atoms with Crippen molar-refractivity contribution in [3.63, 3.8) is 0 Å². The van der Waals surface area contributed by atoms with E-state index in [0.29, 0.717) is 12.2 Å². The molecule has 102 valence electrons. The lowest BCUT2D eigenvalue weighted by molar-refractivity contribution is 0.635. The van der Waals surface area contributed by atoms with Crippen LogP contribution in [-0.4, -0.2) is 27.9 Å². The number of rotatable bonds is 7. The van der Waals surface area contributed by atoms with Crippen LogP contribution in [0.15, 0.2) is 35.3 Å². The molecule has 0 radical (unpaired) electrons. The molecule has 0 saturated heterocycles. The molecule has 0 atom stereocenters. The molecule has 2 heterocycles. The Kier molecular flexibility index (Phi) is 5.42. The van der Waals surface area contributed by atoms with Crippen LogP contribution < -0.4 is 10.9 Å². The number of fused-ring (bicyclic) bond motifs is 1. The average molecular weight is 277 g/mol. The van der Waals surface area contributed by atoms with E-state index in [9.17, 15) is 4.79 Å². The lowest BCUT2D eigenvalue weighted by Gasteiger charge is -2.05. The predicted molar refractivity (Wildman–Crippen MR) is 80.8 cm³/mol. The van der Waals surface area contributed by atoms with Crippen molar-refractivity contribution in [2.45, 2.75) is 19.4 Å². The summed E-state index contributed by atoms with van der Waals surface area (Å²) in [6, 6.07) is 7.17. The topological polar surface area (TPSA) is 46.4 Å². The van der Waals surface area contributed by atoms with E-state index in [-0.39, 0.29) is 5.56 Å². The molecule has 0 aliphatic carbocycles. The summed E-state index contributed by atoms with van der Waals surface area (Å²) in [5.74, 6) is 1.21. The third-order valence-corrected chi connectivity index (χ3v) is 3.58. The Bertz CT molecular complexity index is 582. The molecule has 0 spiro atoms. The lowest BCUT2D eigenvalue weighted by atomic mass is 10.3. The number of hydrogen-bond acceptors (Lipinski definition) is 4. The molecule has 2 rings (SSSR count). The van der Waals surface area contributed by atoms with Gasteiger partial charge in [-0.15, -0.1) is 0 Å². The maximum atomic E-state index is 11.9. The first-order valence-electron chi connectivity index (χ1n) is 6.48. The monoisotopic (exact) mass is 277 g/mol. The largest absolute Gasteiger partial charge is 0.311 e. The number of nitrogens with one attached hydrogen (secondary N) is 1. The first kappa shape index (κ1) is 14.1. The smallest absolute Gasteiger partial charge is 0.258 e. The first-order valence-corrected chi connectivity index (χ1v) is 7.87. The Morgan fingerprint density at radius 1 is 1.37 bits per heavy atom. The van der Waals surface area contributed by atoms with Gasteiger partial charge in [-0.05, 0) is 43.5 Å². The minimum atomic E-state index is -0.0233. The van der Waals surface area contributed by atoms with Gasteiger partial charge < -0.3 is 5.32 Å². The molecule has 4 nitrogen and oxygen atoms in total. The summed E-state index contributed by atoms with van der Waals surface area (Å²) in [5, 5.41) is 3.33. The number of pyridine rings is 1. The van der Waals surface area contributed by atoms with Gasteiger partial charge in [0.1, 0.15) is 5.65 Å². The Morgan fingerprint density at radius 2 is 2.26 bits per heavy atom. The van der Waals surface area contributed by atoms with Crippen molar-refractivity contribution in [1.29, 1.82) is 0 Å². The van der Waals surface area contributed by atoms with E-state index < -0.39 is 0 Å². The van der Waals surface area contributed by atoms with Crippen LogP contribution in [0.2, 0.25) is 0 Å². The van der Waals surface area contributed by atoms with E-state index in [1.165, 1.54) is 12.2 Å². The van der Waals surface area contributed by atoms with Crippen molar-refractivity contribution in [1.82, 2.24) is 14.7 Å². The molecule has 2 aromatic rings. The molecule has 0 amide bonds. The number of unbranched alkanes of at least 4 members (excludes halogenated alkanes) is 1. The van der Waals surface area contributed by atoms with E-state index in [1.54, 1.807) is 16.7 Å². The Labute approximate surface area is 117 Å². The first-order chi connectivity index (χ1) is 9.31. The summed E-state index contributed by atoms with van der Waals surface area (Å²) in [6.07, 6.45) is 6.25. The zero-order valence-corrected chi connectivity index (χ0v) is 11.9. The summed E-state index contributed by atoms with van der Waals surface area (Å²) in [4.78, 5) is 16.3. The highest BCUT2D eigenvalue weighted by atomic mass is 32.2. The number of hydrogen-bond donors (Lipinski definition) is 1. The van der Waals surface area contributed by atoms with Gasteiger partial charge >= 0.3 is 0 Å². The third kappa shape index (κ3) is 4.08. The fourth-order valence-corrected chi connectivity index (χ4v) is 2.40. The summed E-state index contributed by atoms with van der Waals surface area (Å²) in [7, 11) is 0. The molecule has 2 aromatic heterocycles. The fraction of sp³-hybridized carbons (Fsp3) is 0.429. The molecule has 0 fully saturated rings. The van der Waals surface area contributed by atoms with Crippen LogP contribution in [0.5, 0.6) is 0 Å². The van der Waals surface area contributed by atoms with Crippen molar-refractivity contribution in [3.8, 4) is 0 Å². The standard InChI is InChI=1S/C14H19N3OS/c1-19-9-5-3-7-15-11-12-10-14(18)17-8-4-2-6-13(17)16-12/h2,4,6,8,10,15H,3,5,7,9,11H2,1H3. The highest BCUT2D eigenvalue weighted by Gasteiger charge is 2.01. The van der Waals surface area contributed by atoms with Gasteiger partial charge in [-0.2, -0.15) is 11.8 Å². The van der Waals surface area contributed by atoms with Gasteiger partial charge in [0.05, 0.1) is 5.69 Å². The minimum absolute atomic E-state index is 0.0233. The van der Waals surface area contributed by atoms with Crippen molar-refractivity contribution in [2.75, 3.05) is 18.6 Å². The van der Waals surface area contributed by atoms with Gasteiger partial charge in [0.2, 0.25) is 0 Å². The van der Waals surface area contributed by atoms with Crippen LogP contribution in [-0.2, 0) is 6.54 Å². The number of aromatic nitrogens is 2. The fourth-order valence-electron chi connectivity index (χ4n) is 1.91.